The highest BCUT2D eigenvalue weighted by Crippen LogP contribution is 2.36. The third-order valence-electron chi connectivity index (χ3n) is 6.49. The minimum absolute atomic E-state index is 0.0251. The van der Waals surface area contributed by atoms with Gasteiger partial charge in [-0.1, -0.05) is 54.1 Å². The molecule has 0 spiro atoms. The number of hydrogen-bond donors (Lipinski definition) is 0. The molecule has 1 unspecified atom stereocenters. The normalized spacial score (nSPS) is 18.2. The molecule has 2 aromatic carbocycles. The molecule has 3 aromatic rings. The number of aromatic nitrogens is 2. The predicted molar refractivity (Wildman–Crippen MR) is 129 cm³/mol. The highest BCUT2D eigenvalue weighted by Gasteiger charge is 2.44. The largest absolute Gasteiger partial charge is 0.348 e. The van der Waals surface area contributed by atoms with Crippen LogP contribution in [0.2, 0.25) is 0 Å². The number of nitrogens with zero attached hydrogens (tertiary/aromatic N) is 4. The van der Waals surface area contributed by atoms with Gasteiger partial charge in [0.1, 0.15) is 6.54 Å². The minimum Gasteiger partial charge on any atom is -0.348 e. The maximum absolute atomic E-state index is 13.5. The van der Waals surface area contributed by atoms with Crippen LogP contribution in [-0.4, -0.2) is 58.4 Å². The molecule has 1 aliphatic rings. The number of aryl methyl sites for hydroxylation is 1. The van der Waals surface area contributed by atoms with E-state index in [-0.39, 0.29) is 18.4 Å². The Balaban J connectivity index is 1.60. The highest BCUT2D eigenvalue weighted by atomic mass is 16.2. The van der Waals surface area contributed by atoms with Crippen molar-refractivity contribution in [1.29, 1.82) is 0 Å². The van der Waals surface area contributed by atoms with Gasteiger partial charge in [0, 0.05) is 39.6 Å². The van der Waals surface area contributed by atoms with E-state index < -0.39 is 5.41 Å². The molecule has 1 fully saturated rings. The van der Waals surface area contributed by atoms with Gasteiger partial charge >= 0.3 is 0 Å². The monoisotopic (exact) mass is 444 g/mol. The summed E-state index contributed by atoms with van der Waals surface area (Å²) in [4.78, 5) is 34.1. The molecule has 0 bridgehead atoms. The summed E-state index contributed by atoms with van der Waals surface area (Å²) >= 11 is 0. The molecule has 172 valence electrons. The van der Waals surface area contributed by atoms with Crippen molar-refractivity contribution in [2.45, 2.75) is 32.7 Å². The summed E-state index contributed by atoms with van der Waals surface area (Å²) in [6.45, 7) is 3.45. The molecule has 1 aromatic heterocycles. The maximum Gasteiger partial charge on any atom is 0.242 e. The number of hydrogen-bond acceptors (Lipinski definition) is 3. The lowest BCUT2D eigenvalue weighted by molar-refractivity contribution is -0.147. The Labute approximate surface area is 195 Å². The quantitative estimate of drug-likeness (QED) is 0.581. The van der Waals surface area contributed by atoms with Crippen molar-refractivity contribution in [2.24, 2.45) is 5.41 Å². The number of amides is 2. The van der Waals surface area contributed by atoms with E-state index in [0.29, 0.717) is 19.5 Å². The smallest absolute Gasteiger partial charge is 0.242 e. The maximum atomic E-state index is 13.5. The van der Waals surface area contributed by atoms with Crippen LogP contribution in [0, 0.1) is 12.3 Å². The Morgan fingerprint density at radius 1 is 1.09 bits per heavy atom. The lowest BCUT2D eigenvalue weighted by Gasteiger charge is -2.43. The first kappa shape index (κ1) is 22.8. The molecule has 1 atom stereocenters. The van der Waals surface area contributed by atoms with E-state index >= 15 is 0 Å². The summed E-state index contributed by atoms with van der Waals surface area (Å²) in [6, 6.07) is 16.9. The lowest BCUT2D eigenvalue weighted by Crippen LogP contribution is -2.54. The van der Waals surface area contributed by atoms with Crippen molar-refractivity contribution in [3.63, 3.8) is 0 Å². The minimum atomic E-state index is -0.627. The highest BCUT2D eigenvalue weighted by molar-refractivity contribution is 5.85. The molecule has 0 radical (unpaired) electrons. The van der Waals surface area contributed by atoms with E-state index in [1.54, 1.807) is 42.3 Å². The zero-order chi connectivity index (χ0) is 23.4. The summed E-state index contributed by atoms with van der Waals surface area (Å²) in [5, 5.41) is 0. The second kappa shape index (κ2) is 9.61. The third kappa shape index (κ3) is 5.16. The van der Waals surface area contributed by atoms with Gasteiger partial charge in [-0.2, -0.15) is 0 Å². The van der Waals surface area contributed by atoms with E-state index in [0.717, 1.165) is 24.0 Å². The van der Waals surface area contributed by atoms with Gasteiger partial charge in [-0.3, -0.25) is 9.59 Å². The van der Waals surface area contributed by atoms with Crippen molar-refractivity contribution in [3.8, 4) is 11.1 Å². The van der Waals surface area contributed by atoms with E-state index in [4.69, 9.17) is 0 Å². The molecule has 4 rings (SSSR count). The summed E-state index contributed by atoms with van der Waals surface area (Å²) in [7, 11) is 3.61. The third-order valence-corrected chi connectivity index (χ3v) is 6.49. The zero-order valence-corrected chi connectivity index (χ0v) is 19.7. The Kier molecular flexibility index (Phi) is 6.63. The van der Waals surface area contributed by atoms with Crippen LogP contribution in [0.25, 0.3) is 11.1 Å². The Morgan fingerprint density at radius 3 is 2.55 bits per heavy atom. The zero-order valence-electron chi connectivity index (χ0n) is 19.7. The van der Waals surface area contributed by atoms with Crippen LogP contribution in [0.1, 0.15) is 24.0 Å². The van der Waals surface area contributed by atoms with Crippen LogP contribution >= 0.6 is 0 Å². The molecule has 2 amide bonds. The number of piperidine rings is 1. The summed E-state index contributed by atoms with van der Waals surface area (Å²) in [6.07, 6.45) is 7.30. The molecule has 0 saturated carbocycles. The molecule has 0 N–H and O–H groups in total. The number of carbonyl (C=O) groups excluding carboxylic acids is 2. The van der Waals surface area contributed by atoms with Crippen LogP contribution in [0.4, 0.5) is 0 Å². The first-order valence-corrected chi connectivity index (χ1v) is 11.5. The van der Waals surface area contributed by atoms with Crippen LogP contribution in [-0.2, 0) is 22.6 Å². The second-order valence-corrected chi connectivity index (χ2v) is 9.38. The van der Waals surface area contributed by atoms with E-state index in [9.17, 15) is 9.59 Å². The Bertz CT molecular complexity index is 1120. The van der Waals surface area contributed by atoms with Crippen molar-refractivity contribution in [1.82, 2.24) is 19.4 Å². The van der Waals surface area contributed by atoms with Gasteiger partial charge in [-0.05, 0) is 42.9 Å². The summed E-state index contributed by atoms with van der Waals surface area (Å²) in [5.74, 6) is 0.112. The lowest BCUT2D eigenvalue weighted by atomic mass is 9.73. The number of carbonyl (C=O) groups is 2. The molecular formula is C27H32N4O2. The molecule has 6 heteroatoms. The van der Waals surface area contributed by atoms with Gasteiger partial charge in [0.2, 0.25) is 11.8 Å². The van der Waals surface area contributed by atoms with Crippen LogP contribution < -0.4 is 0 Å². The molecule has 2 heterocycles. The average Bonchev–Trinajstić information content (AvgIpc) is 3.32. The molecule has 6 nitrogen and oxygen atoms in total. The van der Waals surface area contributed by atoms with Gasteiger partial charge in [0.05, 0.1) is 11.7 Å². The van der Waals surface area contributed by atoms with Crippen molar-refractivity contribution < 1.29 is 9.59 Å². The van der Waals surface area contributed by atoms with Crippen LogP contribution in [0.5, 0.6) is 0 Å². The first-order valence-electron chi connectivity index (χ1n) is 11.5. The van der Waals surface area contributed by atoms with Crippen molar-refractivity contribution in [3.05, 3.63) is 78.4 Å². The molecule has 33 heavy (non-hydrogen) atoms. The molecular weight excluding hydrogens is 412 g/mol. The fourth-order valence-electron chi connectivity index (χ4n) is 4.93. The van der Waals surface area contributed by atoms with Gasteiger partial charge in [-0.25, -0.2) is 4.98 Å². The molecule has 1 saturated heterocycles. The van der Waals surface area contributed by atoms with E-state index in [1.807, 2.05) is 4.90 Å². The van der Waals surface area contributed by atoms with Gasteiger partial charge < -0.3 is 14.4 Å². The van der Waals surface area contributed by atoms with E-state index in [1.165, 1.54) is 11.1 Å². The second-order valence-electron chi connectivity index (χ2n) is 9.38. The van der Waals surface area contributed by atoms with Gasteiger partial charge in [-0.15, -0.1) is 0 Å². The van der Waals surface area contributed by atoms with Crippen LogP contribution in [0.3, 0.4) is 0 Å². The van der Waals surface area contributed by atoms with Crippen molar-refractivity contribution in [2.75, 3.05) is 27.2 Å². The fraction of sp³-hybridized carbons (Fsp3) is 0.370. The number of benzene rings is 2. The first-order chi connectivity index (χ1) is 15.9. The molecule has 1 aliphatic heterocycles. The summed E-state index contributed by atoms with van der Waals surface area (Å²) in [5.41, 5.74) is 4.03. The van der Waals surface area contributed by atoms with Crippen LogP contribution in [0.15, 0.2) is 67.3 Å². The number of imidazole rings is 1. The standard InChI is InChI=1S/C27H32N4O2/c1-21-7-4-9-23(15-21)24-10-5-8-22(16-24)17-27(26(33)29(2)3)11-6-13-31(19-27)25(32)18-30-14-12-28-20-30/h4-5,7-10,12,14-16,20H,6,11,13,17-19H2,1-3H3. The fourth-order valence-corrected chi connectivity index (χ4v) is 4.93. The Hall–Kier alpha value is -3.41. The average molecular weight is 445 g/mol. The Morgan fingerprint density at radius 2 is 1.85 bits per heavy atom. The van der Waals surface area contributed by atoms with Crippen molar-refractivity contribution >= 4 is 11.8 Å². The van der Waals surface area contributed by atoms with E-state index in [2.05, 4.69) is 60.4 Å². The SMILES string of the molecule is Cc1cccc(-c2cccc(CC3(C(=O)N(C)C)CCCN(C(=O)Cn4ccnc4)C3)c2)c1. The van der Waals surface area contributed by atoms with Gasteiger partial charge in [0.15, 0.2) is 0 Å². The number of rotatable bonds is 6. The summed E-state index contributed by atoms with van der Waals surface area (Å²) < 4.78 is 1.78. The number of likely N-dealkylation sites (tertiary alicyclic amines) is 1. The predicted octanol–water partition coefficient (Wildman–Crippen LogP) is 3.80. The molecule has 0 aliphatic carbocycles. The topological polar surface area (TPSA) is 58.4 Å². The van der Waals surface area contributed by atoms with Gasteiger partial charge in [0.25, 0.3) is 0 Å².